The van der Waals surface area contributed by atoms with E-state index in [1.807, 2.05) is 25.1 Å². The maximum absolute atomic E-state index is 13.3. The van der Waals surface area contributed by atoms with Gasteiger partial charge in [0.25, 0.3) is 11.5 Å². The zero-order chi connectivity index (χ0) is 24.0. The number of hydrogen-bond acceptors (Lipinski definition) is 5. The van der Waals surface area contributed by atoms with Gasteiger partial charge in [0.2, 0.25) is 0 Å². The molecule has 1 amide bonds. The van der Waals surface area contributed by atoms with Gasteiger partial charge in [-0.3, -0.25) is 19.1 Å². The summed E-state index contributed by atoms with van der Waals surface area (Å²) in [6.45, 7) is -0.800. The molecule has 0 unspecified atom stereocenters. The van der Waals surface area contributed by atoms with Crippen molar-refractivity contribution in [2.24, 2.45) is 0 Å². The number of H-pyrrole nitrogens is 1. The van der Waals surface area contributed by atoms with Crippen LogP contribution >= 0.6 is 0 Å². The highest BCUT2D eigenvalue weighted by atomic mass is 19.3. The predicted molar refractivity (Wildman–Crippen MR) is 121 cm³/mol. The number of carbonyl (C=O) groups excluding carboxylic acids is 1. The molecule has 1 heterocycles. The van der Waals surface area contributed by atoms with Gasteiger partial charge >= 0.3 is 12.3 Å². The number of nitrogen functional groups attached to an aromatic ring is 1. The van der Waals surface area contributed by atoms with Gasteiger partial charge in [-0.15, -0.1) is 0 Å². The van der Waals surface area contributed by atoms with Crippen LogP contribution in [0.1, 0.15) is 35.7 Å². The molecule has 0 aliphatic carbocycles. The zero-order valence-electron chi connectivity index (χ0n) is 18.0. The highest BCUT2D eigenvalue weighted by Gasteiger charge is 2.25. The molecule has 10 heteroatoms. The Kier molecular flexibility index (Phi) is 7.60. The fourth-order valence-corrected chi connectivity index (χ4v) is 3.33. The Morgan fingerprint density at radius 2 is 1.79 bits per heavy atom. The van der Waals surface area contributed by atoms with Crippen molar-refractivity contribution in [3.63, 3.8) is 0 Å². The van der Waals surface area contributed by atoms with Gasteiger partial charge in [0.1, 0.15) is 11.6 Å². The lowest BCUT2D eigenvalue weighted by Crippen LogP contribution is -2.41. The van der Waals surface area contributed by atoms with Crippen LogP contribution in [-0.4, -0.2) is 28.6 Å². The Balaban J connectivity index is 2.03. The van der Waals surface area contributed by atoms with E-state index in [9.17, 15) is 23.2 Å². The second kappa shape index (κ2) is 10.6. The Bertz CT molecular complexity index is 1210. The lowest BCUT2D eigenvalue weighted by Gasteiger charge is -2.24. The summed E-state index contributed by atoms with van der Waals surface area (Å²) in [5.74, 6) is -0.806. The van der Waals surface area contributed by atoms with Crippen LogP contribution in [0.5, 0.6) is 5.75 Å². The molecule has 3 aromatic rings. The lowest BCUT2D eigenvalue weighted by molar-refractivity contribution is -0.0498. The van der Waals surface area contributed by atoms with Gasteiger partial charge in [0.05, 0.1) is 6.54 Å². The number of ether oxygens (including phenoxy) is 1. The summed E-state index contributed by atoms with van der Waals surface area (Å²) in [5, 5.41) is 0. The summed E-state index contributed by atoms with van der Waals surface area (Å²) in [4.78, 5) is 41.9. The molecule has 1 aromatic heterocycles. The number of amides is 1. The third kappa shape index (κ3) is 5.65. The quantitative estimate of drug-likeness (QED) is 0.512. The maximum atomic E-state index is 13.3. The van der Waals surface area contributed by atoms with Gasteiger partial charge in [-0.05, 0) is 36.2 Å². The van der Waals surface area contributed by atoms with Gasteiger partial charge in [-0.25, -0.2) is 4.79 Å². The number of alkyl halides is 2. The molecule has 0 fully saturated rings. The first-order chi connectivity index (χ1) is 15.8. The van der Waals surface area contributed by atoms with Crippen LogP contribution in [0, 0.1) is 0 Å². The first kappa shape index (κ1) is 23.7. The van der Waals surface area contributed by atoms with Gasteiger partial charge in [-0.1, -0.05) is 43.7 Å². The first-order valence-corrected chi connectivity index (χ1v) is 10.3. The molecule has 0 aliphatic rings. The summed E-state index contributed by atoms with van der Waals surface area (Å²) in [6.07, 6.45) is 1.29. The van der Waals surface area contributed by atoms with Crippen LogP contribution < -0.4 is 26.6 Å². The molecule has 33 heavy (non-hydrogen) atoms. The number of unbranched alkanes of at least 4 members (excludes halogenated alkanes) is 1. The fraction of sp³-hybridized carbons (Fsp3) is 0.261. The molecule has 2 aromatic carbocycles. The topological polar surface area (TPSA) is 110 Å². The van der Waals surface area contributed by atoms with E-state index >= 15 is 0 Å². The number of aromatic amines is 1. The number of rotatable bonds is 9. The molecule has 0 saturated carbocycles. The van der Waals surface area contributed by atoms with E-state index < -0.39 is 23.8 Å². The highest BCUT2D eigenvalue weighted by molar-refractivity contribution is 6.07. The van der Waals surface area contributed by atoms with E-state index in [2.05, 4.69) is 9.72 Å². The van der Waals surface area contributed by atoms with Crippen LogP contribution in [0.4, 0.5) is 20.3 Å². The average molecular weight is 458 g/mol. The van der Waals surface area contributed by atoms with Gasteiger partial charge in [0, 0.05) is 12.1 Å². The van der Waals surface area contributed by atoms with Crippen molar-refractivity contribution >= 4 is 17.4 Å². The molecule has 0 aliphatic heterocycles. The van der Waals surface area contributed by atoms with Crippen LogP contribution in [-0.2, 0) is 6.54 Å². The number of nitrogens with zero attached hydrogens (tertiary/aromatic N) is 2. The molecule has 0 radical (unpaired) electrons. The Labute approximate surface area is 188 Å². The van der Waals surface area contributed by atoms with E-state index in [0.717, 1.165) is 12.0 Å². The largest absolute Gasteiger partial charge is 0.435 e. The first-order valence-electron chi connectivity index (χ1n) is 10.3. The van der Waals surface area contributed by atoms with Crippen molar-refractivity contribution in [1.82, 2.24) is 9.55 Å². The Hall–Kier alpha value is -3.95. The van der Waals surface area contributed by atoms with Gasteiger partial charge in [0.15, 0.2) is 5.69 Å². The Morgan fingerprint density at radius 3 is 2.39 bits per heavy atom. The predicted octanol–water partition coefficient (Wildman–Crippen LogP) is 3.22. The van der Waals surface area contributed by atoms with E-state index in [-0.39, 0.29) is 35.9 Å². The van der Waals surface area contributed by atoms with Crippen molar-refractivity contribution in [3.8, 4) is 5.75 Å². The van der Waals surface area contributed by atoms with Crippen molar-refractivity contribution in [1.29, 1.82) is 0 Å². The number of aromatic nitrogens is 2. The standard InChI is InChI=1S/C23H24F2N4O4/c1-2-3-13-28(21(31)16-9-11-17(12-10-16)33-22(24)25)18-19(26)29(23(32)27-20(18)30)14-15-7-5-4-6-8-15/h4-12,22H,2-3,13-14,26H2,1H3,(H,27,30,32). The van der Waals surface area contributed by atoms with Gasteiger partial charge < -0.3 is 15.4 Å². The molecule has 0 bridgehead atoms. The molecule has 0 spiro atoms. The summed E-state index contributed by atoms with van der Waals surface area (Å²) >= 11 is 0. The summed E-state index contributed by atoms with van der Waals surface area (Å²) < 4.78 is 30.3. The lowest BCUT2D eigenvalue weighted by atomic mass is 10.1. The molecule has 8 nitrogen and oxygen atoms in total. The minimum Gasteiger partial charge on any atom is -0.435 e. The van der Waals surface area contributed by atoms with E-state index in [0.29, 0.717) is 6.42 Å². The average Bonchev–Trinajstić information content (AvgIpc) is 2.79. The van der Waals surface area contributed by atoms with Crippen molar-refractivity contribution < 1.29 is 18.3 Å². The van der Waals surface area contributed by atoms with Crippen molar-refractivity contribution in [2.45, 2.75) is 32.9 Å². The Morgan fingerprint density at radius 1 is 1.12 bits per heavy atom. The summed E-state index contributed by atoms with van der Waals surface area (Å²) in [6, 6.07) is 14.2. The van der Waals surface area contributed by atoms with Crippen molar-refractivity contribution in [3.05, 3.63) is 86.6 Å². The number of benzene rings is 2. The number of carbonyl (C=O) groups is 1. The third-order valence-corrected chi connectivity index (χ3v) is 4.97. The van der Waals surface area contributed by atoms with Gasteiger partial charge in [-0.2, -0.15) is 8.78 Å². The monoisotopic (exact) mass is 458 g/mol. The van der Waals surface area contributed by atoms with Crippen LogP contribution in [0.25, 0.3) is 0 Å². The summed E-state index contributed by atoms with van der Waals surface area (Å²) in [5.41, 5.74) is 5.55. The molecule has 3 N–H and O–H groups in total. The molecule has 0 atom stereocenters. The second-order valence-corrected chi connectivity index (χ2v) is 7.28. The molecular weight excluding hydrogens is 434 g/mol. The van der Waals surface area contributed by atoms with E-state index in [4.69, 9.17) is 5.73 Å². The fourth-order valence-electron chi connectivity index (χ4n) is 3.33. The summed E-state index contributed by atoms with van der Waals surface area (Å²) in [7, 11) is 0. The maximum Gasteiger partial charge on any atom is 0.387 e. The van der Waals surface area contributed by atoms with Crippen LogP contribution in [0.15, 0.2) is 64.2 Å². The number of nitrogens with two attached hydrogens (primary N) is 1. The zero-order valence-corrected chi connectivity index (χ0v) is 18.0. The van der Waals surface area contributed by atoms with Crippen LogP contribution in [0.3, 0.4) is 0 Å². The SMILES string of the molecule is CCCCN(C(=O)c1ccc(OC(F)F)cc1)c1c(N)n(Cc2ccccc2)c(=O)[nH]c1=O. The number of anilines is 2. The van der Waals surface area contributed by atoms with E-state index in [1.165, 1.54) is 33.7 Å². The van der Waals surface area contributed by atoms with Crippen molar-refractivity contribution in [2.75, 3.05) is 17.2 Å². The normalized spacial score (nSPS) is 10.9. The second-order valence-electron chi connectivity index (χ2n) is 7.28. The van der Waals surface area contributed by atoms with Crippen LogP contribution in [0.2, 0.25) is 0 Å². The minimum absolute atomic E-state index is 0.101. The molecule has 0 saturated heterocycles. The third-order valence-electron chi connectivity index (χ3n) is 4.97. The number of halogens is 2. The number of nitrogens with one attached hydrogen (secondary N) is 1. The molecule has 174 valence electrons. The molecule has 3 rings (SSSR count). The minimum atomic E-state index is -2.99. The number of hydrogen-bond donors (Lipinski definition) is 2. The molecular formula is C23H24F2N4O4. The smallest absolute Gasteiger partial charge is 0.387 e. The highest BCUT2D eigenvalue weighted by Crippen LogP contribution is 2.22. The van der Waals surface area contributed by atoms with E-state index in [1.54, 1.807) is 12.1 Å².